The summed E-state index contributed by atoms with van der Waals surface area (Å²) in [7, 11) is -4.13. The van der Waals surface area contributed by atoms with Crippen LogP contribution in [0.3, 0.4) is 0 Å². The van der Waals surface area contributed by atoms with Crippen LogP contribution in [0.25, 0.3) is 0 Å². The lowest BCUT2D eigenvalue weighted by atomic mass is 10.1. The van der Waals surface area contributed by atoms with Crippen molar-refractivity contribution in [3.63, 3.8) is 0 Å². The van der Waals surface area contributed by atoms with Gasteiger partial charge < -0.3 is 10.2 Å². The van der Waals surface area contributed by atoms with Gasteiger partial charge in [0.2, 0.25) is 11.8 Å². The summed E-state index contributed by atoms with van der Waals surface area (Å²) in [6.07, 6.45) is 2.28. The topological polar surface area (TPSA) is 86.8 Å². The number of halogens is 1. The maximum atomic E-state index is 13.9. The zero-order valence-corrected chi connectivity index (χ0v) is 24.2. The average Bonchev–Trinajstić information content (AvgIpc) is 2.93. The van der Waals surface area contributed by atoms with Gasteiger partial charge in [0.1, 0.15) is 12.6 Å². The Hall–Kier alpha value is -3.36. The summed E-state index contributed by atoms with van der Waals surface area (Å²) in [4.78, 5) is 28.4. The van der Waals surface area contributed by atoms with Crippen molar-refractivity contribution in [1.82, 2.24) is 10.2 Å². The van der Waals surface area contributed by atoms with Crippen molar-refractivity contribution >= 4 is 39.1 Å². The van der Waals surface area contributed by atoms with E-state index in [-0.39, 0.29) is 17.3 Å². The van der Waals surface area contributed by atoms with E-state index in [1.807, 2.05) is 43.3 Å². The number of hydrogen-bond donors (Lipinski definition) is 1. The molecule has 39 heavy (non-hydrogen) atoms. The molecule has 0 aromatic heterocycles. The summed E-state index contributed by atoms with van der Waals surface area (Å²) < 4.78 is 28.8. The van der Waals surface area contributed by atoms with Crippen LogP contribution in [-0.2, 0) is 26.0 Å². The molecule has 0 heterocycles. The summed E-state index contributed by atoms with van der Waals surface area (Å²) in [6.45, 7) is 5.81. The van der Waals surface area contributed by atoms with Crippen LogP contribution < -0.4 is 9.62 Å². The molecule has 7 nitrogen and oxygen atoms in total. The predicted molar refractivity (Wildman–Crippen MR) is 156 cm³/mol. The van der Waals surface area contributed by atoms with Crippen LogP contribution in [0, 0.1) is 6.92 Å². The molecule has 0 saturated heterocycles. The second kappa shape index (κ2) is 14.1. The van der Waals surface area contributed by atoms with E-state index in [2.05, 4.69) is 5.32 Å². The second-order valence-electron chi connectivity index (χ2n) is 9.40. The van der Waals surface area contributed by atoms with E-state index in [0.717, 1.165) is 22.7 Å². The fraction of sp³-hybridized carbons (Fsp3) is 0.333. The van der Waals surface area contributed by atoms with Crippen LogP contribution in [0.1, 0.15) is 37.8 Å². The van der Waals surface area contributed by atoms with Gasteiger partial charge in [-0.3, -0.25) is 13.9 Å². The maximum absolute atomic E-state index is 13.9. The minimum atomic E-state index is -4.13. The van der Waals surface area contributed by atoms with Crippen molar-refractivity contribution in [2.24, 2.45) is 0 Å². The number of unbranched alkanes of at least 4 members (excludes halogenated alkanes) is 1. The van der Waals surface area contributed by atoms with Gasteiger partial charge in [0.05, 0.1) is 10.6 Å². The molecular formula is C30H36ClN3O4S. The summed E-state index contributed by atoms with van der Waals surface area (Å²) in [5, 5.41) is 3.30. The van der Waals surface area contributed by atoms with Crippen molar-refractivity contribution in [1.29, 1.82) is 0 Å². The van der Waals surface area contributed by atoms with E-state index < -0.39 is 28.5 Å². The van der Waals surface area contributed by atoms with Crippen LogP contribution in [0.4, 0.5) is 5.69 Å². The molecule has 3 rings (SSSR count). The third-order valence-electron chi connectivity index (χ3n) is 6.55. The van der Waals surface area contributed by atoms with Gasteiger partial charge in [-0.15, -0.1) is 0 Å². The molecule has 0 aliphatic rings. The molecule has 208 valence electrons. The Kier molecular flexibility index (Phi) is 10.9. The Morgan fingerprint density at radius 2 is 1.59 bits per heavy atom. The summed E-state index contributed by atoms with van der Waals surface area (Å²) in [5.41, 5.74) is 2.10. The number of sulfonamides is 1. The van der Waals surface area contributed by atoms with E-state index >= 15 is 0 Å². The first-order valence-electron chi connectivity index (χ1n) is 13.1. The van der Waals surface area contributed by atoms with Gasteiger partial charge in [0.15, 0.2) is 0 Å². The summed E-state index contributed by atoms with van der Waals surface area (Å²) >= 11 is 6.00. The normalized spacial score (nSPS) is 12.0. The van der Waals surface area contributed by atoms with Crippen molar-refractivity contribution in [3.05, 3.63) is 95.0 Å². The molecule has 2 amide bonds. The van der Waals surface area contributed by atoms with Crippen molar-refractivity contribution < 1.29 is 18.0 Å². The molecule has 0 spiro atoms. The number of amides is 2. The highest BCUT2D eigenvalue weighted by molar-refractivity contribution is 7.92. The molecule has 0 radical (unpaired) electrons. The highest BCUT2D eigenvalue weighted by atomic mass is 35.5. The number of carbonyl (C=O) groups excluding carboxylic acids is 2. The van der Waals surface area contributed by atoms with Crippen LogP contribution in [0.5, 0.6) is 0 Å². The molecule has 3 aromatic rings. The SMILES string of the molecule is CCCCNC(=O)C(C)N(CCc1ccccc1)C(=O)CN(c1ccccc1C)S(=O)(=O)c1ccc(Cl)cc1. The van der Waals surface area contributed by atoms with E-state index in [1.165, 1.54) is 29.2 Å². The van der Waals surface area contributed by atoms with Crippen LogP contribution >= 0.6 is 11.6 Å². The predicted octanol–water partition coefficient (Wildman–Crippen LogP) is 5.22. The molecule has 1 atom stereocenters. The molecule has 0 saturated carbocycles. The van der Waals surface area contributed by atoms with Gasteiger partial charge >= 0.3 is 0 Å². The highest BCUT2D eigenvalue weighted by Gasteiger charge is 2.32. The lowest BCUT2D eigenvalue weighted by molar-refractivity contribution is -0.138. The number of hydrogen-bond acceptors (Lipinski definition) is 4. The van der Waals surface area contributed by atoms with E-state index in [9.17, 15) is 18.0 Å². The van der Waals surface area contributed by atoms with E-state index in [1.54, 1.807) is 32.0 Å². The number of benzene rings is 3. The number of anilines is 1. The molecule has 1 unspecified atom stereocenters. The van der Waals surface area contributed by atoms with Crippen LogP contribution in [-0.4, -0.2) is 50.8 Å². The monoisotopic (exact) mass is 569 g/mol. The van der Waals surface area contributed by atoms with Crippen molar-refractivity contribution in [2.75, 3.05) is 23.9 Å². The Labute approximate surface area is 236 Å². The lowest BCUT2D eigenvalue weighted by Crippen LogP contribution is -2.52. The fourth-order valence-electron chi connectivity index (χ4n) is 4.20. The molecule has 0 aliphatic heterocycles. The minimum Gasteiger partial charge on any atom is -0.354 e. The average molecular weight is 570 g/mol. The Morgan fingerprint density at radius 1 is 0.949 bits per heavy atom. The van der Waals surface area contributed by atoms with Crippen molar-refractivity contribution in [3.8, 4) is 0 Å². The zero-order valence-electron chi connectivity index (χ0n) is 22.6. The van der Waals surface area contributed by atoms with Crippen LogP contribution in [0.2, 0.25) is 5.02 Å². The summed E-state index contributed by atoms with van der Waals surface area (Å²) in [6, 6.07) is 21.7. The van der Waals surface area contributed by atoms with E-state index in [4.69, 9.17) is 11.6 Å². The number of carbonyl (C=O) groups is 2. The first-order chi connectivity index (χ1) is 18.6. The smallest absolute Gasteiger partial charge is 0.264 e. The summed E-state index contributed by atoms with van der Waals surface area (Å²) in [5.74, 6) is -0.738. The van der Waals surface area contributed by atoms with E-state index in [0.29, 0.717) is 29.2 Å². The Morgan fingerprint density at radius 3 is 2.23 bits per heavy atom. The number of para-hydroxylation sites is 1. The molecular weight excluding hydrogens is 534 g/mol. The van der Waals surface area contributed by atoms with Gasteiger partial charge in [-0.25, -0.2) is 8.42 Å². The first-order valence-corrected chi connectivity index (χ1v) is 14.9. The first kappa shape index (κ1) is 30.2. The van der Waals surface area contributed by atoms with Gasteiger partial charge in [-0.05, 0) is 68.1 Å². The standard InChI is InChI=1S/C30H36ClN3O4S/c1-4-5-20-32-30(36)24(3)33(21-19-25-12-7-6-8-13-25)29(35)22-34(28-14-10-9-11-23(28)2)39(37,38)27-17-15-26(31)16-18-27/h6-18,24H,4-5,19-22H2,1-3H3,(H,32,36). The van der Waals surface area contributed by atoms with Crippen LogP contribution in [0.15, 0.2) is 83.8 Å². The Bertz CT molecular complexity index is 1350. The minimum absolute atomic E-state index is 0.0177. The second-order valence-corrected chi connectivity index (χ2v) is 11.7. The quantitative estimate of drug-likeness (QED) is 0.286. The number of rotatable bonds is 13. The largest absolute Gasteiger partial charge is 0.354 e. The molecule has 0 aliphatic carbocycles. The lowest BCUT2D eigenvalue weighted by Gasteiger charge is -2.32. The number of nitrogens with zero attached hydrogens (tertiary/aromatic N) is 2. The van der Waals surface area contributed by atoms with Gasteiger partial charge in [-0.2, -0.15) is 0 Å². The zero-order chi connectivity index (χ0) is 28.4. The highest BCUT2D eigenvalue weighted by Crippen LogP contribution is 2.28. The number of aryl methyl sites for hydroxylation is 1. The molecule has 0 bridgehead atoms. The van der Waals surface area contributed by atoms with Gasteiger partial charge in [0, 0.05) is 18.1 Å². The Balaban J connectivity index is 1.96. The fourth-order valence-corrected chi connectivity index (χ4v) is 5.80. The maximum Gasteiger partial charge on any atom is 0.264 e. The van der Waals surface area contributed by atoms with Gasteiger partial charge in [0.25, 0.3) is 10.0 Å². The third kappa shape index (κ3) is 8.07. The third-order valence-corrected chi connectivity index (χ3v) is 8.57. The molecule has 0 fully saturated rings. The molecule has 1 N–H and O–H groups in total. The molecule has 3 aromatic carbocycles. The molecule has 9 heteroatoms. The van der Waals surface area contributed by atoms with Gasteiger partial charge in [-0.1, -0.05) is 73.5 Å². The van der Waals surface area contributed by atoms with Crippen molar-refractivity contribution in [2.45, 2.75) is 51.0 Å². The number of nitrogens with one attached hydrogen (secondary N) is 1.